The summed E-state index contributed by atoms with van der Waals surface area (Å²) in [6.07, 6.45) is 4.74. The quantitative estimate of drug-likeness (QED) is 0.797. The average molecular weight is 251 g/mol. The summed E-state index contributed by atoms with van der Waals surface area (Å²) in [5, 5.41) is 12.8. The summed E-state index contributed by atoms with van der Waals surface area (Å²) in [5.74, 6) is -0.119. The van der Waals surface area contributed by atoms with E-state index in [4.69, 9.17) is 5.26 Å². The van der Waals surface area contributed by atoms with Crippen LogP contribution in [0.1, 0.15) is 23.3 Å². The van der Waals surface area contributed by atoms with Crippen LogP contribution in [0.4, 0.5) is 0 Å². The average Bonchev–Trinajstić information content (AvgIpc) is 2.92. The molecule has 0 atom stereocenters. The number of aromatic nitrogens is 1. The lowest BCUT2D eigenvalue weighted by molar-refractivity contribution is 0.0706. The number of amides is 1. The van der Waals surface area contributed by atoms with E-state index in [-0.39, 0.29) is 10.7 Å². The number of thioether (sulfide) groups is 1. The molecule has 2 heterocycles. The van der Waals surface area contributed by atoms with E-state index in [9.17, 15) is 4.79 Å². The number of carbonyl (C=O) groups excluding carboxylic acids is 1. The summed E-state index contributed by atoms with van der Waals surface area (Å²) in [6, 6.07) is 3.91. The lowest BCUT2D eigenvalue weighted by Gasteiger charge is -2.35. The van der Waals surface area contributed by atoms with Gasteiger partial charge in [-0.2, -0.15) is 5.26 Å². The Kier molecular flexibility index (Phi) is 3.38. The van der Waals surface area contributed by atoms with Crippen LogP contribution < -0.4 is 0 Å². The molecule has 1 aliphatic heterocycles. The summed E-state index contributed by atoms with van der Waals surface area (Å²) in [5.41, 5.74) is 0.332. The highest BCUT2D eigenvalue weighted by Gasteiger charge is 2.35. The van der Waals surface area contributed by atoms with E-state index < -0.39 is 0 Å². The first-order valence-corrected chi connectivity index (χ1v) is 6.59. The van der Waals surface area contributed by atoms with Gasteiger partial charge in [-0.25, -0.2) is 0 Å². The summed E-state index contributed by atoms with van der Waals surface area (Å²) in [7, 11) is 0. The van der Waals surface area contributed by atoms with Gasteiger partial charge in [0.15, 0.2) is 5.69 Å². The van der Waals surface area contributed by atoms with Gasteiger partial charge < -0.3 is 9.42 Å². The van der Waals surface area contributed by atoms with Crippen LogP contribution in [-0.2, 0) is 0 Å². The number of piperidine rings is 1. The molecule has 17 heavy (non-hydrogen) atoms. The van der Waals surface area contributed by atoms with Crippen molar-refractivity contribution in [2.24, 2.45) is 0 Å². The lowest BCUT2D eigenvalue weighted by Crippen LogP contribution is -2.44. The molecule has 0 aliphatic carbocycles. The lowest BCUT2D eigenvalue weighted by atomic mass is 9.97. The van der Waals surface area contributed by atoms with E-state index in [1.165, 1.54) is 6.26 Å². The maximum Gasteiger partial charge on any atom is 0.276 e. The molecule has 1 fully saturated rings. The third-order valence-corrected chi connectivity index (χ3v) is 4.39. The number of rotatable bonds is 2. The molecule has 2 rings (SSSR count). The van der Waals surface area contributed by atoms with Crippen LogP contribution in [0.5, 0.6) is 0 Å². The number of hydrogen-bond acceptors (Lipinski definition) is 5. The van der Waals surface area contributed by atoms with Crippen molar-refractivity contribution >= 4 is 17.7 Å². The number of hydrogen-bond donors (Lipinski definition) is 0. The molecule has 90 valence electrons. The van der Waals surface area contributed by atoms with Crippen molar-refractivity contribution in [1.29, 1.82) is 5.26 Å². The monoisotopic (exact) mass is 251 g/mol. The zero-order valence-corrected chi connectivity index (χ0v) is 10.4. The van der Waals surface area contributed by atoms with Crippen LogP contribution in [-0.4, -0.2) is 40.1 Å². The second-order valence-corrected chi connectivity index (χ2v) is 5.18. The SMILES string of the molecule is CSC1(C#N)CCN(C(=O)c2ccon2)CC1. The minimum atomic E-state index is -0.333. The van der Waals surface area contributed by atoms with Crippen molar-refractivity contribution in [3.63, 3.8) is 0 Å². The highest BCUT2D eigenvalue weighted by Crippen LogP contribution is 2.33. The molecule has 0 aromatic carbocycles. The molecule has 0 spiro atoms. The van der Waals surface area contributed by atoms with Gasteiger partial charge in [0.1, 0.15) is 11.0 Å². The molecular formula is C11H13N3O2S. The van der Waals surface area contributed by atoms with Crippen LogP contribution in [0.3, 0.4) is 0 Å². The zero-order valence-electron chi connectivity index (χ0n) is 9.55. The third kappa shape index (κ3) is 2.29. The topological polar surface area (TPSA) is 70.1 Å². The van der Waals surface area contributed by atoms with Crippen LogP contribution in [0.15, 0.2) is 16.9 Å². The molecule has 0 N–H and O–H groups in total. The molecule has 6 heteroatoms. The minimum absolute atomic E-state index is 0.119. The first-order valence-electron chi connectivity index (χ1n) is 5.37. The Balaban J connectivity index is 2.01. The Morgan fingerprint density at radius 1 is 1.65 bits per heavy atom. The smallest absolute Gasteiger partial charge is 0.276 e. The standard InChI is InChI=1S/C11H13N3O2S/c1-17-11(8-12)3-5-14(6-4-11)10(15)9-2-7-16-13-9/h2,7H,3-6H2,1H3. The highest BCUT2D eigenvalue weighted by atomic mass is 32.2. The summed E-state index contributed by atoms with van der Waals surface area (Å²) in [6.45, 7) is 1.19. The van der Waals surface area contributed by atoms with Gasteiger partial charge in [0.2, 0.25) is 0 Å². The molecule has 1 aromatic heterocycles. The molecular weight excluding hydrogens is 238 g/mol. The number of likely N-dealkylation sites (tertiary alicyclic amines) is 1. The normalized spacial score (nSPS) is 18.7. The van der Waals surface area contributed by atoms with Crippen molar-refractivity contribution < 1.29 is 9.32 Å². The third-order valence-electron chi connectivity index (χ3n) is 3.11. The molecule has 1 saturated heterocycles. The van der Waals surface area contributed by atoms with Crippen LogP contribution in [0.25, 0.3) is 0 Å². The van der Waals surface area contributed by atoms with Crippen molar-refractivity contribution in [1.82, 2.24) is 10.1 Å². The fourth-order valence-electron chi connectivity index (χ4n) is 1.92. The van der Waals surface area contributed by atoms with Crippen molar-refractivity contribution in [2.75, 3.05) is 19.3 Å². The zero-order chi connectivity index (χ0) is 12.3. The second-order valence-electron chi connectivity index (χ2n) is 3.99. The molecule has 0 unspecified atom stereocenters. The van der Waals surface area contributed by atoms with Crippen molar-refractivity contribution in [2.45, 2.75) is 17.6 Å². The van der Waals surface area contributed by atoms with Gasteiger partial charge in [0.05, 0.1) is 6.07 Å². The number of nitrogens with zero attached hydrogens (tertiary/aromatic N) is 3. The van der Waals surface area contributed by atoms with E-state index in [0.717, 1.165) is 0 Å². The Bertz CT molecular complexity index is 430. The van der Waals surface area contributed by atoms with E-state index in [0.29, 0.717) is 31.6 Å². The minimum Gasteiger partial charge on any atom is -0.364 e. The van der Waals surface area contributed by atoms with Crippen LogP contribution >= 0.6 is 11.8 Å². The molecule has 0 bridgehead atoms. The van der Waals surface area contributed by atoms with Gasteiger partial charge in [0.25, 0.3) is 5.91 Å². The van der Waals surface area contributed by atoms with Gasteiger partial charge in [0, 0.05) is 19.2 Å². The molecule has 1 aromatic rings. The van der Waals surface area contributed by atoms with Gasteiger partial charge in [-0.1, -0.05) is 5.16 Å². The summed E-state index contributed by atoms with van der Waals surface area (Å²) in [4.78, 5) is 13.7. The molecule has 0 saturated carbocycles. The predicted molar refractivity (Wildman–Crippen MR) is 63.5 cm³/mol. The fraction of sp³-hybridized carbons (Fsp3) is 0.545. The van der Waals surface area contributed by atoms with E-state index in [1.54, 1.807) is 22.7 Å². The molecule has 1 aliphatic rings. The molecule has 5 nitrogen and oxygen atoms in total. The van der Waals surface area contributed by atoms with Crippen LogP contribution in [0, 0.1) is 11.3 Å². The summed E-state index contributed by atoms with van der Waals surface area (Å²) >= 11 is 1.57. The van der Waals surface area contributed by atoms with Crippen molar-refractivity contribution in [3.8, 4) is 6.07 Å². The van der Waals surface area contributed by atoms with E-state index in [2.05, 4.69) is 15.7 Å². The second kappa shape index (κ2) is 4.80. The number of carbonyl (C=O) groups is 1. The Morgan fingerprint density at radius 2 is 2.35 bits per heavy atom. The fourth-order valence-corrected chi connectivity index (χ4v) is 2.60. The van der Waals surface area contributed by atoms with Gasteiger partial charge in [-0.3, -0.25) is 4.79 Å². The first kappa shape index (κ1) is 12.0. The summed E-state index contributed by atoms with van der Waals surface area (Å²) < 4.78 is 4.32. The predicted octanol–water partition coefficient (Wildman–Crippen LogP) is 1.54. The molecule has 0 radical (unpaired) electrons. The first-order chi connectivity index (χ1) is 8.21. The van der Waals surface area contributed by atoms with E-state index in [1.807, 2.05) is 6.26 Å². The Hall–Kier alpha value is -1.48. The molecule has 1 amide bonds. The Labute approximate surface area is 104 Å². The maximum atomic E-state index is 12.0. The Morgan fingerprint density at radius 3 is 2.82 bits per heavy atom. The van der Waals surface area contributed by atoms with E-state index >= 15 is 0 Å². The highest BCUT2D eigenvalue weighted by molar-refractivity contribution is 8.00. The van der Waals surface area contributed by atoms with Gasteiger partial charge >= 0.3 is 0 Å². The van der Waals surface area contributed by atoms with Crippen molar-refractivity contribution in [3.05, 3.63) is 18.0 Å². The largest absolute Gasteiger partial charge is 0.364 e. The maximum absolute atomic E-state index is 12.0. The van der Waals surface area contributed by atoms with Crippen LogP contribution in [0.2, 0.25) is 0 Å². The van der Waals surface area contributed by atoms with Gasteiger partial charge in [-0.05, 0) is 19.1 Å². The number of nitriles is 1. The van der Waals surface area contributed by atoms with Gasteiger partial charge in [-0.15, -0.1) is 11.8 Å².